The summed E-state index contributed by atoms with van der Waals surface area (Å²) in [4.78, 5) is 24.6. The van der Waals surface area contributed by atoms with E-state index in [1.165, 1.54) is 17.1 Å². The van der Waals surface area contributed by atoms with Crippen molar-refractivity contribution >= 4 is 50.9 Å². The molecule has 3 aromatic rings. The van der Waals surface area contributed by atoms with E-state index in [2.05, 4.69) is 21.0 Å². The van der Waals surface area contributed by atoms with Crippen molar-refractivity contribution in [1.82, 2.24) is 9.78 Å². The molecular weight excluding hydrogens is 483 g/mol. The fourth-order valence-electron chi connectivity index (χ4n) is 2.57. The molecule has 9 heteroatoms. The van der Waals surface area contributed by atoms with Crippen LogP contribution in [0.3, 0.4) is 0 Å². The molecule has 6 nitrogen and oxygen atoms in total. The van der Waals surface area contributed by atoms with Crippen LogP contribution in [0.4, 0.5) is 0 Å². The van der Waals surface area contributed by atoms with Crippen molar-refractivity contribution in [3.05, 3.63) is 74.4 Å². The van der Waals surface area contributed by atoms with Crippen molar-refractivity contribution in [1.29, 1.82) is 0 Å². The lowest BCUT2D eigenvalue weighted by atomic mass is 10.1. The van der Waals surface area contributed by atoms with Gasteiger partial charge in [0.05, 0.1) is 34.0 Å². The van der Waals surface area contributed by atoms with Gasteiger partial charge in [0.1, 0.15) is 11.4 Å². The fraction of sp³-hybridized carbons (Fsp3) is 0.150. The third-order valence-electron chi connectivity index (χ3n) is 3.85. The topological polar surface area (TPSA) is 70.4 Å². The number of ketones is 1. The van der Waals surface area contributed by atoms with Gasteiger partial charge >= 0.3 is 5.97 Å². The molecule has 0 amide bonds. The van der Waals surface area contributed by atoms with E-state index in [1.807, 2.05) is 0 Å². The summed E-state index contributed by atoms with van der Waals surface area (Å²) in [6.07, 6.45) is 2.95. The van der Waals surface area contributed by atoms with Gasteiger partial charge in [0.25, 0.3) is 0 Å². The summed E-state index contributed by atoms with van der Waals surface area (Å²) in [6, 6.07) is 10.0. The summed E-state index contributed by atoms with van der Waals surface area (Å²) < 4.78 is 12.5. The van der Waals surface area contributed by atoms with Crippen LogP contribution in [0.1, 0.15) is 22.8 Å². The third kappa shape index (κ3) is 4.98. The maximum atomic E-state index is 13.1. The normalized spacial score (nSPS) is 10.6. The fourth-order valence-corrected chi connectivity index (χ4v) is 3.50. The molecule has 1 aromatic heterocycles. The highest BCUT2D eigenvalue weighted by atomic mass is 79.9. The average molecular weight is 498 g/mol. The van der Waals surface area contributed by atoms with Gasteiger partial charge in [0.15, 0.2) is 12.4 Å². The Hall–Kier alpha value is -2.35. The van der Waals surface area contributed by atoms with Crippen LogP contribution in [-0.4, -0.2) is 34.7 Å². The number of benzene rings is 2. The number of hydrogen-bond acceptors (Lipinski definition) is 5. The number of carbonyl (C=O) groups excluding carboxylic acids is 2. The molecule has 0 unspecified atom stereocenters. The Morgan fingerprint density at radius 1 is 1.17 bits per heavy atom. The van der Waals surface area contributed by atoms with Gasteiger partial charge in [-0.2, -0.15) is 5.10 Å². The highest BCUT2D eigenvalue weighted by molar-refractivity contribution is 9.10. The molecule has 0 atom stereocenters. The van der Waals surface area contributed by atoms with E-state index in [9.17, 15) is 9.59 Å². The summed E-state index contributed by atoms with van der Waals surface area (Å²) in [5.74, 6) is -0.593. The summed E-state index contributed by atoms with van der Waals surface area (Å²) in [7, 11) is 0. The van der Waals surface area contributed by atoms with Crippen molar-refractivity contribution in [2.45, 2.75) is 6.92 Å². The number of carbonyl (C=O) groups is 2. The first-order chi connectivity index (χ1) is 13.9. The number of rotatable bonds is 7. The number of para-hydroxylation sites is 1. The highest BCUT2D eigenvalue weighted by Crippen LogP contribution is 2.29. The van der Waals surface area contributed by atoms with Crippen LogP contribution in [-0.2, 0) is 9.53 Å². The molecule has 150 valence electrons. The number of hydrogen-bond donors (Lipinski definition) is 0. The average Bonchev–Trinajstić information content (AvgIpc) is 3.16. The van der Waals surface area contributed by atoms with E-state index in [0.29, 0.717) is 25.8 Å². The molecule has 0 saturated heterocycles. The van der Waals surface area contributed by atoms with Crippen LogP contribution < -0.4 is 4.74 Å². The van der Waals surface area contributed by atoms with Crippen LogP contribution in [0.15, 0.2) is 53.3 Å². The van der Waals surface area contributed by atoms with E-state index in [0.717, 1.165) is 0 Å². The molecular formula is C20H15BrCl2N2O4. The molecule has 2 aromatic carbocycles. The van der Waals surface area contributed by atoms with Crippen LogP contribution >= 0.6 is 39.1 Å². The zero-order valence-electron chi connectivity index (χ0n) is 15.2. The zero-order chi connectivity index (χ0) is 21.0. The molecule has 0 aliphatic heterocycles. The van der Waals surface area contributed by atoms with Crippen molar-refractivity contribution in [3.8, 4) is 11.4 Å². The van der Waals surface area contributed by atoms with E-state index in [1.54, 1.807) is 43.3 Å². The van der Waals surface area contributed by atoms with Crippen LogP contribution in [0.5, 0.6) is 5.75 Å². The largest absolute Gasteiger partial charge is 0.481 e. The Morgan fingerprint density at radius 2 is 1.90 bits per heavy atom. The third-order valence-corrected chi connectivity index (χ3v) is 4.95. The van der Waals surface area contributed by atoms with Crippen LogP contribution in [0.25, 0.3) is 5.69 Å². The number of aromatic nitrogens is 2. The van der Waals surface area contributed by atoms with Crippen LogP contribution in [0.2, 0.25) is 10.0 Å². The Bertz CT molecular complexity index is 1050. The second-order valence-corrected chi connectivity index (χ2v) is 7.54. The number of halogens is 3. The van der Waals surface area contributed by atoms with Gasteiger partial charge in [0, 0.05) is 10.7 Å². The molecule has 0 spiro atoms. The Labute approximate surface area is 185 Å². The zero-order valence-corrected chi connectivity index (χ0v) is 18.3. The van der Waals surface area contributed by atoms with Gasteiger partial charge in [-0.25, -0.2) is 9.48 Å². The van der Waals surface area contributed by atoms with Crippen molar-refractivity contribution in [2.75, 3.05) is 13.2 Å². The molecule has 29 heavy (non-hydrogen) atoms. The minimum Gasteiger partial charge on any atom is -0.481 e. The first-order valence-electron chi connectivity index (χ1n) is 8.52. The van der Waals surface area contributed by atoms with Gasteiger partial charge in [-0.3, -0.25) is 4.79 Å². The minimum atomic E-state index is -0.519. The SMILES string of the molecule is CCOC(=O)COc1ccc(Br)cc1C(=O)c1cnn(-c2c(Cl)cccc2Cl)c1. The van der Waals surface area contributed by atoms with Gasteiger partial charge in [-0.05, 0) is 37.3 Å². The van der Waals surface area contributed by atoms with Crippen LogP contribution in [0, 0.1) is 0 Å². The van der Waals surface area contributed by atoms with E-state index in [-0.39, 0.29) is 30.3 Å². The van der Waals surface area contributed by atoms with Crippen molar-refractivity contribution in [2.24, 2.45) is 0 Å². The molecule has 0 saturated carbocycles. The molecule has 0 radical (unpaired) electrons. The maximum absolute atomic E-state index is 13.1. The molecule has 0 fully saturated rings. The predicted molar refractivity (Wildman–Crippen MR) is 113 cm³/mol. The number of esters is 1. The van der Waals surface area contributed by atoms with Crippen molar-refractivity contribution in [3.63, 3.8) is 0 Å². The smallest absolute Gasteiger partial charge is 0.344 e. The van der Waals surface area contributed by atoms with E-state index < -0.39 is 5.97 Å². The van der Waals surface area contributed by atoms with E-state index >= 15 is 0 Å². The maximum Gasteiger partial charge on any atom is 0.344 e. The molecule has 3 rings (SSSR count). The predicted octanol–water partition coefficient (Wildman–Crippen LogP) is 5.11. The number of nitrogens with zero attached hydrogens (tertiary/aromatic N) is 2. The second-order valence-electron chi connectivity index (χ2n) is 5.81. The second kappa shape index (κ2) is 9.43. The Morgan fingerprint density at radius 3 is 2.59 bits per heavy atom. The summed E-state index contributed by atoms with van der Waals surface area (Å²) in [5.41, 5.74) is 1.05. The highest BCUT2D eigenvalue weighted by Gasteiger charge is 2.19. The summed E-state index contributed by atoms with van der Waals surface area (Å²) in [5, 5.41) is 5.01. The van der Waals surface area contributed by atoms with E-state index in [4.69, 9.17) is 32.7 Å². The van der Waals surface area contributed by atoms with Gasteiger partial charge in [-0.1, -0.05) is 45.2 Å². The first kappa shape index (κ1) is 21.4. The van der Waals surface area contributed by atoms with Crippen molar-refractivity contribution < 1.29 is 19.1 Å². The quantitative estimate of drug-likeness (QED) is 0.335. The van der Waals surface area contributed by atoms with Gasteiger partial charge in [-0.15, -0.1) is 0 Å². The standard InChI is InChI=1S/C20H15BrCl2N2O4/c1-2-28-18(26)11-29-17-7-6-13(21)8-14(17)20(27)12-9-24-25(10-12)19-15(22)4-3-5-16(19)23/h3-10H,2,11H2,1H3. The first-order valence-corrected chi connectivity index (χ1v) is 10.1. The Balaban J connectivity index is 1.90. The molecule has 1 heterocycles. The number of ether oxygens (including phenoxy) is 2. The summed E-state index contributed by atoms with van der Waals surface area (Å²) in [6.45, 7) is 1.65. The Kier molecular flexibility index (Phi) is 6.95. The summed E-state index contributed by atoms with van der Waals surface area (Å²) >= 11 is 15.8. The molecule has 0 bridgehead atoms. The van der Waals surface area contributed by atoms with Gasteiger partial charge < -0.3 is 9.47 Å². The molecule has 0 N–H and O–H groups in total. The lowest BCUT2D eigenvalue weighted by Crippen LogP contribution is -2.16. The molecule has 0 aliphatic rings. The minimum absolute atomic E-state index is 0.248. The monoisotopic (exact) mass is 496 g/mol. The molecule has 0 aliphatic carbocycles. The van der Waals surface area contributed by atoms with Gasteiger partial charge in [0.2, 0.25) is 0 Å². The lowest BCUT2D eigenvalue weighted by molar-refractivity contribution is -0.145. The lowest BCUT2D eigenvalue weighted by Gasteiger charge is -2.10.